The highest BCUT2D eigenvalue weighted by atomic mass is 16.5. The van der Waals surface area contributed by atoms with Crippen molar-refractivity contribution < 1.29 is 30.0 Å². The predicted molar refractivity (Wildman–Crippen MR) is 109 cm³/mol. The lowest BCUT2D eigenvalue weighted by atomic mass is 10.0. The largest absolute Gasteiger partial charge is 0.481 e. The van der Waals surface area contributed by atoms with E-state index in [-0.39, 0.29) is 12.5 Å². The van der Waals surface area contributed by atoms with Crippen LogP contribution in [0, 0.1) is 0 Å². The minimum atomic E-state index is -0.870. The maximum absolute atomic E-state index is 10.4. The number of carboxylic acid groups (broad SMARTS) is 1. The zero-order chi connectivity index (χ0) is 20.8. The number of carbonyl (C=O) groups is 1. The maximum atomic E-state index is 10.4. The number of ether oxygens (including phenoxy) is 1. The van der Waals surface area contributed by atoms with Gasteiger partial charge in [-0.15, -0.1) is 0 Å². The molecule has 0 aromatic rings. The van der Waals surface area contributed by atoms with Gasteiger partial charge in [-0.1, -0.05) is 55.5 Å². The van der Waals surface area contributed by atoms with E-state index >= 15 is 0 Å². The van der Waals surface area contributed by atoms with Gasteiger partial charge in [0.2, 0.25) is 0 Å². The van der Waals surface area contributed by atoms with Crippen LogP contribution in [0.2, 0.25) is 0 Å². The molecule has 6 nitrogen and oxygen atoms in total. The minimum Gasteiger partial charge on any atom is -0.481 e. The van der Waals surface area contributed by atoms with Gasteiger partial charge in [0.25, 0.3) is 0 Å². The molecule has 0 aromatic carbocycles. The van der Waals surface area contributed by atoms with E-state index in [1.807, 2.05) is 43.4 Å². The predicted octanol–water partition coefficient (Wildman–Crippen LogP) is 2.90. The fourth-order valence-electron chi connectivity index (χ4n) is 2.87. The van der Waals surface area contributed by atoms with Crippen molar-refractivity contribution in [3.05, 3.63) is 48.6 Å². The molecule has 0 bridgehead atoms. The molecule has 0 amide bonds. The van der Waals surface area contributed by atoms with Gasteiger partial charge in [-0.05, 0) is 32.1 Å². The lowest BCUT2D eigenvalue weighted by Gasteiger charge is -2.16. The summed E-state index contributed by atoms with van der Waals surface area (Å²) in [5.41, 5.74) is 0. The molecule has 5 atom stereocenters. The summed E-state index contributed by atoms with van der Waals surface area (Å²) >= 11 is 0. The fourth-order valence-corrected chi connectivity index (χ4v) is 2.87. The second-order valence-corrected chi connectivity index (χ2v) is 6.92. The number of hydrogen-bond donors (Lipinski definition) is 4. The van der Waals surface area contributed by atoms with Gasteiger partial charge < -0.3 is 25.2 Å². The topological polar surface area (TPSA) is 107 Å². The van der Waals surface area contributed by atoms with E-state index in [9.17, 15) is 20.1 Å². The molecule has 1 heterocycles. The Balaban J connectivity index is 2.28. The quantitative estimate of drug-likeness (QED) is 0.358. The monoisotopic (exact) mass is 394 g/mol. The van der Waals surface area contributed by atoms with E-state index in [1.165, 1.54) is 12.2 Å². The summed E-state index contributed by atoms with van der Waals surface area (Å²) < 4.78 is 5.73. The van der Waals surface area contributed by atoms with Crippen LogP contribution in [0.15, 0.2) is 48.6 Å². The van der Waals surface area contributed by atoms with Crippen molar-refractivity contribution in [3.63, 3.8) is 0 Å². The molecule has 1 rings (SSSR count). The summed E-state index contributed by atoms with van der Waals surface area (Å²) in [7, 11) is 0. The van der Waals surface area contributed by atoms with Gasteiger partial charge in [0.15, 0.2) is 0 Å². The van der Waals surface area contributed by atoms with Crippen molar-refractivity contribution in [1.29, 1.82) is 0 Å². The minimum absolute atomic E-state index is 0.129. The van der Waals surface area contributed by atoms with Crippen LogP contribution < -0.4 is 0 Å². The van der Waals surface area contributed by atoms with Crippen molar-refractivity contribution in [2.75, 3.05) is 0 Å². The first-order valence-corrected chi connectivity index (χ1v) is 9.98. The molecule has 28 heavy (non-hydrogen) atoms. The SMILES string of the molecule is CC/C=C\C[C@@H]1O[C@H]([C@H](O)/C=C/[C@H](O)C/C=C\C/C=C\CCC(=O)O)C[C@@H]1O. The Bertz CT molecular complexity index is 551. The van der Waals surface area contributed by atoms with Gasteiger partial charge in [-0.3, -0.25) is 4.79 Å². The smallest absolute Gasteiger partial charge is 0.303 e. The normalized spacial score (nSPS) is 25.5. The Hall–Kier alpha value is -1.73. The van der Waals surface area contributed by atoms with E-state index in [4.69, 9.17) is 9.84 Å². The average Bonchev–Trinajstić information content (AvgIpc) is 3.02. The zero-order valence-corrected chi connectivity index (χ0v) is 16.6. The van der Waals surface area contributed by atoms with Crippen LogP contribution >= 0.6 is 0 Å². The highest BCUT2D eigenvalue weighted by molar-refractivity contribution is 5.66. The number of rotatable bonds is 13. The second-order valence-electron chi connectivity index (χ2n) is 6.92. The van der Waals surface area contributed by atoms with Gasteiger partial charge >= 0.3 is 5.97 Å². The van der Waals surface area contributed by atoms with E-state index in [2.05, 4.69) is 0 Å². The van der Waals surface area contributed by atoms with Crippen LogP contribution in [-0.4, -0.2) is 56.9 Å². The second kappa shape index (κ2) is 14.3. The highest BCUT2D eigenvalue weighted by Gasteiger charge is 2.36. The van der Waals surface area contributed by atoms with E-state index in [0.717, 1.165) is 6.42 Å². The molecule has 0 unspecified atom stereocenters. The van der Waals surface area contributed by atoms with Crippen LogP contribution in [0.25, 0.3) is 0 Å². The Morgan fingerprint density at radius 3 is 2.57 bits per heavy atom. The van der Waals surface area contributed by atoms with Crippen LogP contribution in [0.1, 0.15) is 51.9 Å². The van der Waals surface area contributed by atoms with Crippen molar-refractivity contribution >= 4 is 5.97 Å². The number of carboxylic acids is 1. The molecule has 1 saturated heterocycles. The molecule has 6 heteroatoms. The molecule has 0 aromatic heterocycles. The first-order chi connectivity index (χ1) is 13.4. The first-order valence-electron chi connectivity index (χ1n) is 9.98. The van der Waals surface area contributed by atoms with E-state index in [1.54, 1.807) is 0 Å². The van der Waals surface area contributed by atoms with Gasteiger partial charge in [0, 0.05) is 12.8 Å². The van der Waals surface area contributed by atoms with Crippen molar-refractivity contribution in [1.82, 2.24) is 0 Å². The lowest BCUT2D eigenvalue weighted by molar-refractivity contribution is -0.136. The van der Waals surface area contributed by atoms with Crippen LogP contribution in [0.4, 0.5) is 0 Å². The first kappa shape index (κ1) is 24.3. The average molecular weight is 395 g/mol. The number of aliphatic hydroxyl groups excluding tert-OH is 3. The summed E-state index contributed by atoms with van der Waals surface area (Å²) in [4.78, 5) is 10.4. The number of aliphatic carboxylic acids is 1. The molecule has 4 N–H and O–H groups in total. The Kier molecular flexibility index (Phi) is 12.4. The van der Waals surface area contributed by atoms with Crippen LogP contribution in [-0.2, 0) is 9.53 Å². The van der Waals surface area contributed by atoms with Crippen LogP contribution in [0.3, 0.4) is 0 Å². The number of hydrogen-bond acceptors (Lipinski definition) is 5. The molecule has 1 aliphatic heterocycles. The molecule has 0 saturated carbocycles. The standard InChI is InChI=1S/C22H34O6/c1-2-3-8-12-20-19(25)16-21(28-20)18(24)15-14-17(23)11-9-6-4-5-7-10-13-22(26)27/h3,5-9,14-15,17-21,23-25H,2,4,10-13,16H2,1H3,(H,26,27)/b7-5-,8-3-,9-6-,15-14+/t17-,18-,19+,20+,21+/m1/s1. The molecule has 0 radical (unpaired) electrons. The molecular formula is C22H34O6. The molecular weight excluding hydrogens is 360 g/mol. The van der Waals surface area contributed by atoms with Gasteiger partial charge in [-0.25, -0.2) is 0 Å². The van der Waals surface area contributed by atoms with Gasteiger partial charge in [0.1, 0.15) is 0 Å². The van der Waals surface area contributed by atoms with Crippen molar-refractivity contribution in [2.24, 2.45) is 0 Å². The molecule has 0 aliphatic carbocycles. The summed E-state index contributed by atoms with van der Waals surface area (Å²) in [6.07, 6.45) is 15.3. The third kappa shape index (κ3) is 10.6. The van der Waals surface area contributed by atoms with Crippen LogP contribution in [0.5, 0.6) is 0 Å². The molecule has 1 fully saturated rings. The lowest BCUT2D eigenvalue weighted by Crippen LogP contribution is -2.24. The Morgan fingerprint density at radius 1 is 1.11 bits per heavy atom. The third-order valence-electron chi connectivity index (χ3n) is 4.44. The van der Waals surface area contributed by atoms with Crippen molar-refractivity contribution in [2.45, 2.75) is 82.4 Å². The number of allylic oxidation sites excluding steroid dienone is 4. The Labute approximate surface area is 167 Å². The summed E-state index contributed by atoms with van der Waals surface area (Å²) in [5.74, 6) is -0.807. The molecule has 0 spiro atoms. The summed E-state index contributed by atoms with van der Waals surface area (Å²) in [6.45, 7) is 2.04. The maximum Gasteiger partial charge on any atom is 0.303 e. The molecule has 1 aliphatic rings. The van der Waals surface area contributed by atoms with Crippen molar-refractivity contribution in [3.8, 4) is 0 Å². The summed E-state index contributed by atoms with van der Waals surface area (Å²) in [5, 5.41) is 38.7. The Morgan fingerprint density at radius 2 is 1.86 bits per heavy atom. The highest BCUT2D eigenvalue weighted by Crippen LogP contribution is 2.26. The zero-order valence-electron chi connectivity index (χ0n) is 16.6. The third-order valence-corrected chi connectivity index (χ3v) is 4.44. The summed E-state index contributed by atoms with van der Waals surface area (Å²) in [6, 6.07) is 0. The fraction of sp³-hybridized carbons (Fsp3) is 0.591. The number of aliphatic hydroxyl groups is 3. The van der Waals surface area contributed by atoms with E-state index < -0.39 is 30.4 Å². The van der Waals surface area contributed by atoms with Gasteiger partial charge in [0.05, 0.1) is 30.5 Å². The molecule has 158 valence electrons. The van der Waals surface area contributed by atoms with E-state index in [0.29, 0.717) is 32.1 Å². The van der Waals surface area contributed by atoms with Gasteiger partial charge in [-0.2, -0.15) is 0 Å².